The van der Waals surface area contributed by atoms with Crippen LogP contribution in [0, 0.1) is 10.1 Å². The van der Waals surface area contributed by atoms with Gasteiger partial charge >= 0.3 is 0 Å². The van der Waals surface area contributed by atoms with Crippen LogP contribution >= 0.6 is 11.8 Å². The molecule has 0 bridgehead atoms. The summed E-state index contributed by atoms with van der Waals surface area (Å²) in [5.41, 5.74) is 7.36. The van der Waals surface area contributed by atoms with E-state index in [1.54, 1.807) is 23.9 Å². The molecule has 19 heavy (non-hydrogen) atoms. The van der Waals surface area contributed by atoms with Crippen LogP contribution in [-0.4, -0.2) is 11.2 Å². The highest BCUT2D eigenvalue weighted by Crippen LogP contribution is 2.27. The van der Waals surface area contributed by atoms with Gasteiger partial charge in [-0.1, -0.05) is 6.07 Å². The zero-order chi connectivity index (χ0) is 13.8. The molecule has 0 heterocycles. The number of hydrogen-bond acceptors (Lipinski definition) is 5. The molecule has 0 saturated carbocycles. The van der Waals surface area contributed by atoms with Crippen molar-refractivity contribution in [3.05, 3.63) is 52.6 Å². The van der Waals surface area contributed by atoms with Crippen molar-refractivity contribution in [2.24, 2.45) is 0 Å². The average molecular weight is 275 g/mol. The van der Waals surface area contributed by atoms with Gasteiger partial charge in [-0.2, -0.15) is 0 Å². The maximum absolute atomic E-state index is 10.7. The molecule has 0 aliphatic heterocycles. The summed E-state index contributed by atoms with van der Waals surface area (Å²) in [6.07, 6.45) is 2.00. The van der Waals surface area contributed by atoms with Gasteiger partial charge in [0.25, 0.3) is 5.69 Å². The Hall–Kier alpha value is -2.21. The van der Waals surface area contributed by atoms with Crippen molar-refractivity contribution < 1.29 is 4.92 Å². The number of hydrogen-bond donors (Lipinski definition) is 2. The quantitative estimate of drug-likeness (QED) is 0.385. The van der Waals surface area contributed by atoms with E-state index < -0.39 is 4.92 Å². The van der Waals surface area contributed by atoms with E-state index in [4.69, 9.17) is 5.73 Å². The van der Waals surface area contributed by atoms with Crippen LogP contribution in [-0.2, 0) is 0 Å². The molecule has 0 amide bonds. The molecular weight excluding hydrogens is 262 g/mol. The molecule has 5 nitrogen and oxygen atoms in total. The van der Waals surface area contributed by atoms with E-state index in [9.17, 15) is 10.1 Å². The van der Waals surface area contributed by atoms with Crippen molar-refractivity contribution in [3.8, 4) is 0 Å². The van der Waals surface area contributed by atoms with Gasteiger partial charge in [0, 0.05) is 22.3 Å². The number of thioether (sulfide) groups is 1. The van der Waals surface area contributed by atoms with Crippen molar-refractivity contribution in [1.29, 1.82) is 0 Å². The van der Waals surface area contributed by atoms with Crippen LogP contribution < -0.4 is 11.1 Å². The van der Waals surface area contributed by atoms with E-state index in [1.165, 1.54) is 6.07 Å². The highest BCUT2D eigenvalue weighted by Gasteiger charge is 2.11. The lowest BCUT2D eigenvalue weighted by molar-refractivity contribution is -0.383. The number of nitrogen functional groups attached to an aromatic ring is 1. The lowest BCUT2D eigenvalue weighted by Gasteiger charge is -2.08. The fourth-order valence-corrected chi connectivity index (χ4v) is 2.13. The first-order valence-corrected chi connectivity index (χ1v) is 6.77. The summed E-state index contributed by atoms with van der Waals surface area (Å²) >= 11 is 1.65. The number of rotatable bonds is 4. The van der Waals surface area contributed by atoms with E-state index in [2.05, 4.69) is 5.32 Å². The van der Waals surface area contributed by atoms with E-state index >= 15 is 0 Å². The van der Waals surface area contributed by atoms with E-state index in [-0.39, 0.29) is 11.4 Å². The molecule has 6 heteroatoms. The van der Waals surface area contributed by atoms with Gasteiger partial charge in [-0.05, 0) is 36.6 Å². The summed E-state index contributed by atoms with van der Waals surface area (Å²) in [5, 5.41) is 13.8. The van der Waals surface area contributed by atoms with E-state index in [0.717, 1.165) is 16.3 Å². The molecule has 0 aliphatic carbocycles. The predicted octanol–water partition coefficient (Wildman–Crippen LogP) is 3.64. The summed E-state index contributed by atoms with van der Waals surface area (Å²) in [4.78, 5) is 11.3. The number of nitrogens with two attached hydrogens (primary N) is 1. The van der Waals surface area contributed by atoms with Crippen molar-refractivity contribution in [2.45, 2.75) is 4.90 Å². The second-order valence-corrected chi connectivity index (χ2v) is 4.77. The summed E-state index contributed by atoms with van der Waals surface area (Å²) in [6.45, 7) is 0. The molecule has 0 atom stereocenters. The van der Waals surface area contributed by atoms with Crippen LogP contribution in [0.1, 0.15) is 0 Å². The number of nitro groups is 1. The highest BCUT2D eigenvalue weighted by atomic mass is 32.2. The SMILES string of the molecule is CSc1cccc(Nc2ccc([N+](=O)[O-])c(N)c2)c1. The number of nitro benzene ring substituents is 1. The van der Waals surface area contributed by atoms with Gasteiger partial charge in [-0.15, -0.1) is 11.8 Å². The van der Waals surface area contributed by atoms with Crippen LogP contribution in [0.2, 0.25) is 0 Å². The van der Waals surface area contributed by atoms with Gasteiger partial charge in [-0.3, -0.25) is 10.1 Å². The second-order valence-electron chi connectivity index (χ2n) is 3.89. The lowest BCUT2D eigenvalue weighted by atomic mass is 10.2. The minimum atomic E-state index is -0.493. The molecule has 2 aromatic carbocycles. The van der Waals surface area contributed by atoms with Crippen molar-refractivity contribution in [1.82, 2.24) is 0 Å². The fourth-order valence-electron chi connectivity index (χ4n) is 1.67. The van der Waals surface area contributed by atoms with Crippen LogP contribution in [0.3, 0.4) is 0 Å². The summed E-state index contributed by atoms with van der Waals surface area (Å²) < 4.78 is 0. The predicted molar refractivity (Wildman–Crippen MR) is 79.0 cm³/mol. The Morgan fingerprint density at radius 3 is 2.58 bits per heavy atom. The average Bonchev–Trinajstić information content (AvgIpc) is 2.38. The second kappa shape index (κ2) is 5.62. The lowest BCUT2D eigenvalue weighted by Crippen LogP contribution is -1.97. The van der Waals surface area contributed by atoms with E-state index in [0.29, 0.717) is 0 Å². The van der Waals surface area contributed by atoms with Crippen LogP contribution in [0.15, 0.2) is 47.4 Å². The molecule has 0 saturated heterocycles. The van der Waals surface area contributed by atoms with E-state index in [1.807, 2.05) is 30.5 Å². The van der Waals surface area contributed by atoms with Gasteiger partial charge < -0.3 is 11.1 Å². The molecule has 0 fully saturated rings. The number of nitrogens with zero attached hydrogens (tertiary/aromatic N) is 1. The Morgan fingerprint density at radius 1 is 1.21 bits per heavy atom. The Kier molecular flexibility index (Phi) is 3.91. The van der Waals surface area contributed by atoms with Crippen molar-refractivity contribution in [2.75, 3.05) is 17.3 Å². The fraction of sp³-hybridized carbons (Fsp3) is 0.0769. The Morgan fingerprint density at radius 2 is 1.95 bits per heavy atom. The van der Waals surface area contributed by atoms with Crippen LogP contribution in [0.4, 0.5) is 22.7 Å². The standard InChI is InChI=1S/C13H13N3O2S/c1-19-11-4-2-3-9(7-11)15-10-5-6-13(16(17)18)12(14)8-10/h2-8,15H,14H2,1H3. The first kappa shape index (κ1) is 13.2. The third kappa shape index (κ3) is 3.17. The monoisotopic (exact) mass is 275 g/mol. The summed E-state index contributed by atoms with van der Waals surface area (Å²) in [5.74, 6) is 0. The Balaban J connectivity index is 2.23. The van der Waals surface area contributed by atoms with Gasteiger partial charge in [0.2, 0.25) is 0 Å². The van der Waals surface area contributed by atoms with Crippen molar-refractivity contribution >= 4 is 34.5 Å². The zero-order valence-electron chi connectivity index (χ0n) is 10.3. The Bertz CT molecular complexity index is 617. The molecule has 0 aromatic heterocycles. The summed E-state index contributed by atoms with van der Waals surface area (Å²) in [7, 11) is 0. The van der Waals surface area contributed by atoms with Crippen LogP contribution in [0.25, 0.3) is 0 Å². The first-order valence-electron chi connectivity index (χ1n) is 5.55. The highest BCUT2D eigenvalue weighted by molar-refractivity contribution is 7.98. The molecular formula is C13H13N3O2S. The topological polar surface area (TPSA) is 81.2 Å². The molecule has 0 spiro atoms. The maximum atomic E-state index is 10.7. The normalized spacial score (nSPS) is 10.2. The number of nitrogens with one attached hydrogen (secondary N) is 1. The van der Waals surface area contributed by atoms with Gasteiger partial charge in [0.15, 0.2) is 0 Å². The maximum Gasteiger partial charge on any atom is 0.292 e. The minimum Gasteiger partial charge on any atom is -0.393 e. The number of anilines is 3. The summed E-state index contributed by atoms with van der Waals surface area (Å²) in [6, 6.07) is 12.5. The molecule has 3 N–H and O–H groups in total. The van der Waals surface area contributed by atoms with Gasteiger partial charge in [0.05, 0.1) is 4.92 Å². The molecule has 2 rings (SSSR count). The first-order chi connectivity index (χ1) is 9.10. The minimum absolute atomic E-state index is 0.0802. The van der Waals surface area contributed by atoms with Crippen LogP contribution in [0.5, 0.6) is 0 Å². The molecule has 0 radical (unpaired) electrons. The Labute approximate surface area is 115 Å². The molecule has 0 unspecified atom stereocenters. The largest absolute Gasteiger partial charge is 0.393 e. The number of benzene rings is 2. The molecule has 0 aliphatic rings. The third-order valence-corrected chi connectivity index (χ3v) is 3.31. The smallest absolute Gasteiger partial charge is 0.292 e. The van der Waals surface area contributed by atoms with Crippen molar-refractivity contribution in [3.63, 3.8) is 0 Å². The molecule has 2 aromatic rings. The zero-order valence-corrected chi connectivity index (χ0v) is 11.1. The van der Waals surface area contributed by atoms with Gasteiger partial charge in [0.1, 0.15) is 5.69 Å². The third-order valence-electron chi connectivity index (χ3n) is 2.58. The molecule has 98 valence electrons. The van der Waals surface area contributed by atoms with Gasteiger partial charge in [-0.25, -0.2) is 0 Å².